The molecule has 0 heterocycles. The van der Waals surface area contributed by atoms with Crippen molar-refractivity contribution >= 4 is 0 Å². The maximum absolute atomic E-state index is 5.30. The van der Waals surface area contributed by atoms with Crippen molar-refractivity contribution in [3.63, 3.8) is 0 Å². The number of methoxy groups -OCH3 is 2. The van der Waals surface area contributed by atoms with Crippen LogP contribution in [0.25, 0.3) is 0 Å². The Morgan fingerprint density at radius 1 is 1.28 bits per heavy atom. The van der Waals surface area contributed by atoms with Crippen LogP contribution in [0.15, 0.2) is 30.4 Å². The van der Waals surface area contributed by atoms with E-state index in [0.29, 0.717) is 6.04 Å². The molecule has 0 aromatic heterocycles. The molecule has 0 fully saturated rings. The number of ether oxygens (including phenoxy) is 2. The van der Waals surface area contributed by atoms with Crippen LogP contribution in [0, 0.1) is 0 Å². The summed E-state index contributed by atoms with van der Waals surface area (Å²) in [5.41, 5.74) is 2.38. The van der Waals surface area contributed by atoms with Gasteiger partial charge in [0.1, 0.15) is 0 Å². The Bertz CT molecular complexity index is 401. The van der Waals surface area contributed by atoms with Gasteiger partial charge in [-0.2, -0.15) is 0 Å². The topological polar surface area (TPSA) is 30.5 Å². The molecule has 1 atom stereocenters. The average Bonchev–Trinajstić information content (AvgIpc) is 2.36. The van der Waals surface area contributed by atoms with Gasteiger partial charge in [0.05, 0.1) is 14.2 Å². The molecule has 3 nitrogen and oxygen atoms in total. The van der Waals surface area contributed by atoms with E-state index in [9.17, 15) is 0 Å². The van der Waals surface area contributed by atoms with Crippen molar-refractivity contribution < 1.29 is 9.47 Å². The van der Waals surface area contributed by atoms with E-state index in [1.165, 1.54) is 5.56 Å². The van der Waals surface area contributed by atoms with Crippen LogP contribution in [0.2, 0.25) is 0 Å². The molecule has 1 unspecified atom stereocenters. The van der Waals surface area contributed by atoms with Crippen molar-refractivity contribution in [3.05, 3.63) is 35.9 Å². The summed E-state index contributed by atoms with van der Waals surface area (Å²) in [4.78, 5) is 0. The zero-order chi connectivity index (χ0) is 13.5. The zero-order valence-corrected chi connectivity index (χ0v) is 11.7. The Labute approximate surface area is 110 Å². The molecule has 0 saturated carbocycles. The molecule has 0 aliphatic heterocycles. The van der Waals surface area contributed by atoms with Gasteiger partial charge in [0.2, 0.25) is 0 Å². The number of hydrogen-bond acceptors (Lipinski definition) is 3. The molecular weight excluding hydrogens is 226 g/mol. The van der Waals surface area contributed by atoms with E-state index in [0.717, 1.165) is 30.0 Å². The second-order valence-electron chi connectivity index (χ2n) is 4.63. The van der Waals surface area contributed by atoms with Crippen LogP contribution in [0.3, 0.4) is 0 Å². The lowest BCUT2D eigenvalue weighted by Crippen LogP contribution is -2.29. The molecule has 1 aromatic rings. The SMILES string of the molecule is C=C(C)CNC(C)Cc1ccc(OC)c(OC)c1. The van der Waals surface area contributed by atoms with Gasteiger partial charge in [0.25, 0.3) is 0 Å². The van der Waals surface area contributed by atoms with Crippen molar-refractivity contribution in [2.45, 2.75) is 26.3 Å². The quantitative estimate of drug-likeness (QED) is 0.754. The van der Waals surface area contributed by atoms with Gasteiger partial charge in [-0.15, -0.1) is 0 Å². The fourth-order valence-electron chi connectivity index (χ4n) is 1.78. The van der Waals surface area contributed by atoms with Crippen molar-refractivity contribution in [1.29, 1.82) is 0 Å². The van der Waals surface area contributed by atoms with Crippen LogP contribution in [-0.2, 0) is 6.42 Å². The zero-order valence-electron chi connectivity index (χ0n) is 11.7. The van der Waals surface area contributed by atoms with Gasteiger partial charge in [0.15, 0.2) is 11.5 Å². The highest BCUT2D eigenvalue weighted by atomic mass is 16.5. The highest BCUT2D eigenvalue weighted by Gasteiger charge is 2.07. The molecule has 0 bridgehead atoms. The minimum absolute atomic E-state index is 0.403. The molecule has 1 N–H and O–H groups in total. The summed E-state index contributed by atoms with van der Waals surface area (Å²) in [7, 11) is 3.30. The molecule has 100 valence electrons. The monoisotopic (exact) mass is 249 g/mol. The Morgan fingerprint density at radius 2 is 1.94 bits per heavy atom. The van der Waals surface area contributed by atoms with Crippen LogP contribution < -0.4 is 14.8 Å². The summed E-state index contributed by atoms with van der Waals surface area (Å²) >= 11 is 0. The largest absolute Gasteiger partial charge is 0.493 e. The van der Waals surface area contributed by atoms with E-state index in [4.69, 9.17) is 9.47 Å². The summed E-state index contributed by atoms with van der Waals surface area (Å²) in [6.07, 6.45) is 0.952. The minimum Gasteiger partial charge on any atom is -0.493 e. The molecule has 0 aliphatic carbocycles. The van der Waals surface area contributed by atoms with E-state index in [-0.39, 0.29) is 0 Å². The van der Waals surface area contributed by atoms with Crippen molar-refractivity contribution in [2.75, 3.05) is 20.8 Å². The molecule has 0 radical (unpaired) electrons. The fourth-order valence-corrected chi connectivity index (χ4v) is 1.78. The lowest BCUT2D eigenvalue weighted by Gasteiger charge is -2.15. The Morgan fingerprint density at radius 3 is 2.50 bits per heavy atom. The molecular formula is C15H23NO2. The highest BCUT2D eigenvalue weighted by molar-refractivity contribution is 5.43. The molecule has 1 rings (SSSR count). The van der Waals surface area contributed by atoms with E-state index in [1.54, 1.807) is 14.2 Å². The van der Waals surface area contributed by atoms with Gasteiger partial charge in [-0.05, 0) is 38.0 Å². The second kappa shape index (κ2) is 7.07. The van der Waals surface area contributed by atoms with Crippen molar-refractivity contribution in [2.24, 2.45) is 0 Å². The third kappa shape index (κ3) is 4.41. The summed E-state index contributed by atoms with van der Waals surface area (Å²) in [5.74, 6) is 1.55. The second-order valence-corrected chi connectivity index (χ2v) is 4.63. The number of rotatable bonds is 7. The van der Waals surface area contributed by atoms with E-state index in [2.05, 4.69) is 24.9 Å². The minimum atomic E-state index is 0.403. The normalized spacial score (nSPS) is 12.0. The summed E-state index contributed by atoms with van der Waals surface area (Å²) < 4.78 is 10.5. The number of nitrogens with one attached hydrogen (secondary N) is 1. The first-order valence-corrected chi connectivity index (χ1v) is 6.15. The molecule has 1 aromatic carbocycles. The van der Waals surface area contributed by atoms with Gasteiger partial charge < -0.3 is 14.8 Å². The van der Waals surface area contributed by atoms with Gasteiger partial charge in [-0.1, -0.05) is 18.2 Å². The molecule has 18 heavy (non-hydrogen) atoms. The third-order valence-electron chi connectivity index (χ3n) is 2.74. The van der Waals surface area contributed by atoms with Crippen LogP contribution in [-0.4, -0.2) is 26.8 Å². The predicted molar refractivity (Wildman–Crippen MR) is 75.5 cm³/mol. The fraction of sp³-hybridized carbons (Fsp3) is 0.467. The van der Waals surface area contributed by atoms with Crippen LogP contribution in [0.5, 0.6) is 11.5 Å². The first kappa shape index (κ1) is 14.6. The predicted octanol–water partition coefficient (Wildman–Crippen LogP) is 2.80. The molecule has 0 spiro atoms. The first-order valence-electron chi connectivity index (χ1n) is 6.15. The summed E-state index contributed by atoms with van der Waals surface area (Å²) in [6.45, 7) is 8.93. The van der Waals surface area contributed by atoms with Crippen LogP contribution in [0.1, 0.15) is 19.4 Å². The average molecular weight is 249 g/mol. The third-order valence-corrected chi connectivity index (χ3v) is 2.74. The van der Waals surface area contributed by atoms with Gasteiger partial charge >= 0.3 is 0 Å². The van der Waals surface area contributed by atoms with Crippen LogP contribution >= 0.6 is 0 Å². The standard InChI is InChI=1S/C15H23NO2/c1-11(2)10-16-12(3)8-13-6-7-14(17-4)15(9-13)18-5/h6-7,9,12,16H,1,8,10H2,2-5H3. The molecule has 0 saturated heterocycles. The number of benzene rings is 1. The lowest BCUT2D eigenvalue weighted by atomic mass is 10.1. The molecule has 3 heteroatoms. The highest BCUT2D eigenvalue weighted by Crippen LogP contribution is 2.27. The van der Waals surface area contributed by atoms with Crippen LogP contribution in [0.4, 0.5) is 0 Å². The smallest absolute Gasteiger partial charge is 0.160 e. The Kier molecular flexibility index (Phi) is 5.72. The summed E-state index contributed by atoms with van der Waals surface area (Å²) in [6, 6.07) is 6.44. The molecule has 0 aliphatic rings. The van der Waals surface area contributed by atoms with E-state index >= 15 is 0 Å². The van der Waals surface area contributed by atoms with Gasteiger partial charge in [-0.3, -0.25) is 0 Å². The van der Waals surface area contributed by atoms with Gasteiger partial charge in [-0.25, -0.2) is 0 Å². The van der Waals surface area contributed by atoms with Crippen molar-refractivity contribution in [1.82, 2.24) is 5.32 Å². The number of hydrogen-bond donors (Lipinski definition) is 1. The first-order chi connectivity index (χ1) is 8.56. The lowest BCUT2D eigenvalue weighted by molar-refractivity contribution is 0.354. The van der Waals surface area contributed by atoms with Crippen molar-refractivity contribution in [3.8, 4) is 11.5 Å². The van der Waals surface area contributed by atoms with Gasteiger partial charge in [0, 0.05) is 12.6 Å². The van der Waals surface area contributed by atoms with E-state index < -0.39 is 0 Å². The summed E-state index contributed by atoms with van der Waals surface area (Å²) in [5, 5.41) is 3.43. The Balaban J connectivity index is 2.64. The van der Waals surface area contributed by atoms with E-state index in [1.807, 2.05) is 19.1 Å². The Hall–Kier alpha value is -1.48. The maximum atomic E-state index is 5.30. The maximum Gasteiger partial charge on any atom is 0.160 e. The molecule has 0 amide bonds.